The zero-order chi connectivity index (χ0) is 16.0. The molecule has 6 heteroatoms. The van der Waals surface area contributed by atoms with Crippen molar-refractivity contribution in [1.29, 1.82) is 0 Å². The average molecular weight is 293 g/mol. The number of carbonyl (C=O) groups is 2. The van der Waals surface area contributed by atoms with Gasteiger partial charge in [-0.05, 0) is 44.9 Å². The molecule has 0 aliphatic carbocycles. The van der Waals surface area contributed by atoms with E-state index >= 15 is 0 Å². The summed E-state index contributed by atoms with van der Waals surface area (Å²) in [6.45, 7) is 5.31. The Morgan fingerprint density at radius 1 is 1.10 bits per heavy atom. The fourth-order valence-electron chi connectivity index (χ4n) is 1.77. The van der Waals surface area contributed by atoms with Crippen LogP contribution in [0.3, 0.4) is 0 Å². The lowest BCUT2D eigenvalue weighted by Gasteiger charge is -2.18. The van der Waals surface area contributed by atoms with Gasteiger partial charge in [0, 0.05) is 6.04 Å². The summed E-state index contributed by atoms with van der Waals surface area (Å²) in [5.74, 6) is -0.458. The zero-order valence-electron chi connectivity index (χ0n) is 12.6. The largest absolute Gasteiger partial charge is 0.508 e. The van der Waals surface area contributed by atoms with Crippen molar-refractivity contribution in [2.24, 2.45) is 5.73 Å². The van der Waals surface area contributed by atoms with Gasteiger partial charge in [-0.15, -0.1) is 0 Å². The maximum Gasteiger partial charge on any atom is 0.242 e. The van der Waals surface area contributed by atoms with Crippen LogP contribution in [0.5, 0.6) is 5.75 Å². The van der Waals surface area contributed by atoms with Crippen molar-refractivity contribution in [2.45, 2.75) is 45.3 Å². The molecule has 1 rings (SSSR count). The Labute approximate surface area is 124 Å². The quantitative estimate of drug-likeness (QED) is 0.605. The molecule has 6 nitrogen and oxygen atoms in total. The summed E-state index contributed by atoms with van der Waals surface area (Å²) in [6, 6.07) is 5.13. The number of hydrogen-bond acceptors (Lipinski definition) is 4. The molecule has 0 spiro atoms. The molecule has 0 aromatic heterocycles. The van der Waals surface area contributed by atoms with Crippen LogP contribution in [-0.4, -0.2) is 35.0 Å². The Hall–Kier alpha value is -2.08. The Bertz CT molecular complexity index is 485. The van der Waals surface area contributed by atoms with E-state index in [1.165, 1.54) is 0 Å². The third-order valence-corrected chi connectivity index (χ3v) is 2.91. The number of nitrogens with one attached hydrogen (secondary N) is 2. The molecular formula is C15H23N3O3. The van der Waals surface area contributed by atoms with Crippen LogP contribution in [0.1, 0.15) is 26.3 Å². The topological polar surface area (TPSA) is 104 Å². The minimum absolute atomic E-state index is 0.0162. The second kappa shape index (κ2) is 7.64. The van der Waals surface area contributed by atoms with Crippen molar-refractivity contribution in [1.82, 2.24) is 10.6 Å². The summed E-state index contributed by atoms with van der Waals surface area (Å²) < 4.78 is 0. The van der Waals surface area contributed by atoms with Crippen molar-refractivity contribution < 1.29 is 14.7 Å². The molecule has 1 aromatic carbocycles. The van der Waals surface area contributed by atoms with Crippen molar-refractivity contribution in [3.63, 3.8) is 0 Å². The van der Waals surface area contributed by atoms with E-state index in [0.717, 1.165) is 5.56 Å². The molecule has 1 unspecified atom stereocenters. The average Bonchev–Trinajstić information content (AvgIpc) is 2.40. The SMILES string of the molecule is CC(C)NC(=O)C(C)NC(=O)[C@H](N)Cc1ccc(O)cc1. The van der Waals surface area contributed by atoms with Crippen LogP contribution < -0.4 is 16.4 Å². The van der Waals surface area contributed by atoms with E-state index in [1.807, 2.05) is 13.8 Å². The fraction of sp³-hybridized carbons (Fsp3) is 0.467. The van der Waals surface area contributed by atoms with Gasteiger partial charge in [0.05, 0.1) is 6.04 Å². The molecule has 0 aliphatic heterocycles. The van der Waals surface area contributed by atoms with Gasteiger partial charge in [-0.25, -0.2) is 0 Å². The predicted molar refractivity (Wildman–Crippen MR) is 80.7 cm³/mol. The van der Waals surface area contributed by atoms with Crippen LogP contribution in [0.2, 0.25) is 0 Å². The number of phenols is 1. The van der Waals surface area contributed by atoms with Gasteiger partial charge in [-0.1, -0.05) is 12.1 Å². The fourth-order valence-corrected chi connectivity index (χ4v) is 1.77. The number of amides is 2. The third kappa shape index (κ3) is 5.83. The van der Waals surface area contributed by atoms with Crippen LogP contribution >= 0.6 is 0 Å². The summed E-state index contributed by atoms with van der Waals surface area (Å²) in [7, 11) is 0. The molecule has 0 radical (unpaired) electrons. The van der Waals surface area contributed by atoms with Crippen molar-refractivity contribution in [3.8, 4) is 5.75 Å². The lowest BCUT2D eigenvalue weighted by molar-refractivity contribution is -0.129. The van der Waals surface area contributed by atoms with E-state index in [0.29, 0.717) is 6.42 Å². The van der Waals surface area contributed by atoms with Gasteiger partial charge < -0.3 is 21.5 Å². The molecule has 116 valence electrons. The Morgan fingerprint density at radius 2 is 1.67 bits per heavy atom. The molecule has 0 aliphatic rings. The maximum atomic E-state index is 11.9. The summed E-state index contributed by atoms with van der Waals surface area (Å²) in [4.78, 5) is 23.7. The molecule has 2 amide bonds. The van der Waals surface area contributed by atoms with Gasteiger partial charge in [-0.2, -0.15) is 0 Å². The number of nitrogens with two attached hydrogens (primary N) is 1. The second-order valence-electron chi connectivity index (χ2n) is 5.37. The summed E-state index contributed by atoms with van der Waals surface area (Å²) in [5, 5.41) is 14.5. The molecule has 0 saturated heterocycles. The molecule has 0 fully saturated rings. The molecule has 1 aromatic rings. The molecular weight excluding hydrogens is 270 g/mol. The summed E-state index contributed by atoms with van der Waals surface area (Å²) in [6.07, 6.45) is 0.338. The van der Waals surface area contributed by atoms with Gasteiger partial charge in [0.15, 0.2) is 0 Å². The molecule has 0 saturated carbocycles. The number of carbonyl (C=O) groups excluding carboxylic acids is 2. The van der Waals surface area contributed by atoms with Crippen LogP contribution in [0.4, 0.5) is 0 Å². The first-order valence-corrected chi connectivity index (χ1v) is 6.94. The molecule has 0 heterocycles. The van der Waals surface area contributed by atoms with Crippen LogP contribution in [0.25, 0.3) is 0 Å². The van der Waals surface area contributed by atoms with Gasteiger partial charge in [0.25, 0.3) is 0 Å². The second-order valence-corrected chi connectivity index (χ2v) is 5.37. The van der Waals surface area contributed by atoms with E-state index in [1.54, 1.807) is 31.2 Å². The monoisotopic (exact) mass is 293 g/mol. The van der Waals surface area contributed by atoms with Crippen molar-refractivity contribution in [3.05, 3.63) is 29.8 Å². The van der Waals surface area contributed by atoms with Crippen LogP contribution in [0.15, 0.2) is 24.3 Å². The molecule has 0 bridgehead atoms. The van der Waals surface area contributed by atoms with Gasteiger partial charge in [0.1, 0.15) is 11.8 Å². The molecule has 5 N–H and O–H groups in total. The first kappa shape index (κ1) is 17.0. The number of rotatable bonds is 6. The molecule has 21 heavy (non-hydrogen) atoms. The van der Waals surface area contributed by atoms with E-state index < -0.39 is 12.1 Å². The number of aromatic hydroxyl groups is 1. The summed E-state index contributed by atoms with van der Waals surface area (Å²) >= 11 is 0. The van der Waals surface area contributed by atoms with Crippen molar-refractivity contribution in [2.75, 3.05) is 0 Å². The zero-order valence-corrected chi connectivity index (χ0v) is 12.6. The van der Waals surface area contributed by atoms with Gasteiger partial charge >= 0.3 is 0 Å². The van der Waals surface area contributed by atoms with E-state index in [9.17, 15) is 14.7 Å². The highest BCUT2D eigenvalue weighted by Crippen LogP contribution is 2.10. The van der Waals surface area contributed by atoms with E-state index in [2.05, 4.69) is 10.6 Å². The third-order valence-electron chi connectivity index (χ3n) is 2.91. The lowest BCUT2D eigenvalue weighted by atomic mass is 10.1. The first-order valence-electron chi connectivity index (χ1n) is 6.94. The summed E-state index contributed by atoms with van der Waals surface area (Å²) in [5.41, 5.74) is 6.67. The molecule has 2 atom stereocenters. The minimum atomic E-state index is -0.746. The smallest absolute Gasteiger partial charge is 0.242 e. The number of phenolic OH excluding ortho intramolecular Hbond substituents is 1. The minimum Gasteiger partial charge on any atom is -0.508 e. The van der Waals surface area contributed by atoms with Crippen LogP contribution in [0, 0.1) is 0 Å². The van der Waals surface area contributed by atoms with E-state index in [-0.39, 0.29) is 23.6 Å². The number of hydrogen-bond donors (Lipinski definition) is 4. The van der Waals surface area contributed by atoms with Gasteiger partial charge in [0.2, 0.25) is 11.8 Å². The Kier molecular flexibility index (Phi) is 6.17. The van der Waals surface area contributed by atoms with E-state index in [4.69, 9.17) is 5.73 Å². The first-order chi connectivity index (χ1) is 9.79. The maximum absolute atomic E-state index is 11.9. The predicted octanol–water partition coefficient (Wildman–Crippen LogP) is 0.291. The Morgan fingerprint density at radius 3 is 2.19 bits per heavy atom. The normalized spacial score (nSPS) is 13.6. The standard InChI is InChI=1S/C15H23N3O3/c1-9(2)17-14(20)10(3)18-15(21)13(16)8-11-4-6-12(19)7-5-11/h4-7,9-10,13,19H,8,16H2,1-3H3,(H,17,20)(H,18,21)/t10?,13-/m1/s1. The Balaban J connectivity index is 2.50. The lowest BCUT2D eigenvalue weighted by Crippen LogP contribution is -2.51. The highest BCUT2D eigenvalue weighted by molar-refractivity contribution is 5.89. The van der Waals surface area contributed by atoms with Crippen LogP contribution in [-0.2, 0) is 16.0 Å². The van der Waals surface area contributed by atoms with Crippen molar-refractivity contribution >= 4 is 11.8 Å². The highest BCUT2D eigenvalue weighted by Gasteiger charge is 2.20. The number of benzene rings is 1. The highest BCUT2D eigenvalue weighted by atomic mass is 16.3. The van der Waals surface area contributed by atoms with Gasteiger partial charge in [-0.3, -0.25) is 9.59 Å².